The lowest BCUT2D eigenvalue weighted by molar-refractivity contribution is 0.597. The number of nitrogens with zero attached hydrogens (tertiary/aromatic N) is 1. The Morgan fingerprint density at radius 1 is 0.900 bits per heavy atom. The maximum atomic E-state index is 13.4. The second kappa shape index (κ2) is 7.20. The van der Waals surface area contributed by atoms with Crippen molar-refractivity contribution >= 4 is 36.6 Å². The molecule has 4 rings (SSSR count). The number of nitrogens with one attached hydrogen (secondary N) is 2. The van der Waals surface area contributed by atoms with Crippen LogP contribution in [0.5, 0.6) is 0 Å². The molecule has 4 N–H and O–H groups in total. The first-order chi connectivity index (χ1) is 14.1. The molecule has 3 aromatic carbocycles. The summed E-state index contributed by atoms with van der Waals surface area (Å²) in [5.41, 5.74) is 1.68. The molecule has 0 atom stereocenters. The van der Waals surface area contributed by atoms with Crippen molar-refractivity contribution in [2.75, 3.05) is 4.72 Å². The predicted molar refractivity (Wildman–Crippen MR) is 110 cm³/mol. The molecule has 0 radical (unpaired) electrons. The fraction of sp³-hybridized carbons (Fsp3) is 0. The fourth-order valence-electron chi connectivity index (χ4n) is 2.95. The highest BCUT2D eigenvalue weighted by molar-refractivity contribution is 7.92. The number of fused-ring (bicyclic) bond motifs is 1. The van der Waals surface area contributed by atoms with Crippen LogP contribution in [0, 0.1) is 5.82 Å². The number of hydrogen-bond donors (Lipinski definition) is 3. The normalized spacial score (nSPS) is 12.2. The molecule has 0 saturated heterocycles. The predicted octanol–water partition coefficient (Wildman–Crippen LogP) is 2.82. The summed E-state index contributed by atoms with van der Waals surface area (Å²) in [5.74, 6) is -0.410. The number of halogens is 1. The monoisotopic (exact) mass is 446 g/mol. The van der Waals surface area contributed by atoms with Crippen molar-refractivity contribution in [1.29, 1.82) is 0 Å². The highest BCUT2D eigenvalue weighted by Crippen LogP contribution is 2.29. The number of primary sulfonamides is 1. The molecular formula is C19H15FN4O4S2. The van der Waals surface area contributed by atoms with Gasteiger partial charge < -0.3 is 0 Å². The first kappa shape index (κ1) is 20.0. The van der Waals surface area contributed by atoms with Gasteiger partial charge in [0.1, 0.15) is 5.82 Å². The maximum absolute atomic E-state index is 13.4. The van der Waals surface area contributed by atoms with Gasteiger partial charge in [0.25, 0.3) is 10.0 Å². The molecule has 30 heavy (non-hydrogen) atoms. The summed E-state index contributed by atoms with van der Waals surface area (Å²) in [5, 5.41) is 12.6. The molecule has 4 aromatic rings. The minimum absolute atomic E-state index is 0.0196. The van der Waals surface area contributed by atoms with Crippen LogP contribution in [0.25, 0.3) is 22.2 Å². The zero-order valence-corrected chi connectivity index (χ0v) is 16.8. The van der Waals surface area contributed by atoms with Crippen LogP contribution in [-0.4, -0.2) is 27.0 Å². The molecule has 0 saturated carbocycles. The number of anilines is 1. The van der Waals surface area contributed by atoms with Crippen molar-refractivity contribution in [3.8, 4) is 11.3 Å². The molecule has 1 heterocycles. The third-order valence-corrected chi connectivity index (χ3v) is 6.69. The summed E-state index contributed by atoms with van der Waals surface area (Å²) in [7, 11) is -7.84. The number of hydrogen-bond acceptors (Lipinski definition) is 5. The Bertz CT molecular complexity index is 1460. The molecule has 0 unspecified atom stereocenters. The average molecular weight is 446 g/mol. The lowest BCUT2D eigenvalue weighted by Crippen LogP contribution is -2.14. The van der Waals surface area contributed by atoms with Gasteiger partial charge in [0.05, 0.1) is 21.0 Å². The van der Waals surface area contributed by atoms with Crippen LogP contribution in [0.4, 0.5) is 10.1 Å². The summed E-state index contributed by atoms with van der Waals surface area (Å²) in [6.45, 7) is 0. The minimum atomic E-state index is -3.96. The highest BCUT2D eigenvalue weighted by atomic mass is 32.2. The van der Waals surface area contributed by atoms with E-state index in [1.165, 1.54) is 48.5 Å². The van der Waals surface area contributed by atoms with E-state index in [0.717, 1.165) is 0 Å². The van der Waals surface area contributed by atoms with E-state index in [2.05, 4.69) is 14.9 Å². The van der Waals surface area contributed by atoms with Gasteiger partial charge in [0.2, 0.25) is 10.0 Å². The van der Waals surface area contributed by atoms with Crippen LogP contribution in [0.3, 0.4) is 0 Å². The quantitative estimate of drug-likeness (QED) is 0.433. The molecule has 0 fully saturated rings. The molecule has 0 bridgehead atoms. The number of rotatable bonds is 5. The van der Waals surface area contributed by atoms with E-state index in [4.69, 9.17) is 5.14 Å². The lowest BCUT2D eigenvalue weighted by Gasteiger charge is -2.09. The molecule has 8 nitrogen and oxygen atoms in total. The van der Waals surface area contributed by atoms with Gasteiger partial charge in [-0.25, -0.2) is 26.4 Å². The van der Waals surface area contributed by atoms with E-state index in [0.29, 0.717) is 22.2 Å². The number of sulfonamides is 2. The molecule has 0 aliphatic carbocycles. The third-order valence-electron chi connectivity index (χ3n) is 4.38. The Hall–Kier alpha value is -3.28. The molecular weight excluding hydrogens is 431 g/mol. The van der Waals surface area contributed by atoms with E-state index in [9.17, 15) is 21.2 Å². The van der Waals surface area contributed by atoms with Crippen LogP contribution in [0.15, 0.2) is 76.5 Å². The van der Waals surface area contributed by atoms with Gasteiger partial charge in [-0.2, -0.15) is 5.10 Å². The molecule has 0 aliphatic rings. The average Bonchev–Trinajstić information content (AvgIpc) is 3.10. The van der Waals surface area contributed by atoms with E-state index in [1.54, 1.807) is 18.2 Å². The van der Waals surface area contributed by atoms with Crippen molar-refractivity contribution in [3.05, 3.63) is 72.5 Å². The number of benzene rings is 3. The number of nitrogens with two attached hydrogens (primary N) is 1. The lowest BCUT2D eigenvalue weighted by atomic mass is 10.1. The Morgan fingerprint density at radius 2 is 1.63 bits per heavy atom. The molecule has 1 aromatic heterocycles. The van der Waals surface area contributed by atoms with E-state index in [1.807, 2.05) is 0 Å². The molecule has 0 spiro atoms. The molecule has 11 heteroatoms. The topological polar surface area (TPSA) is 135 Å². The number of aromatic nitrogens is 2. The smallest absolute Gasteiger partial charge is 0.261 e. The van der Waals surface area contributed by atoms with Gasteiger partial charge in [-0.05, 0) is 54.6 Å². The van der Waals surface area contributed by atoms with Crippen molar-refractivity contribution in [2.45, 2.75) is 9.79 Å². The van der Waals surface area contributed by atoms with Crippen LogP contribution in [0.2, 0.25) is 0 Å². The zero-order valence-electron chi connectivity index (χ0n) is 15.2. The van der Waals surface area contributed by atoms with E-state index >= 15 is 0 Å². The minimum Gasteiger partial charge on any atom is -0.280 e. The SMILES string of the molecule is NS(=O)(=O)c1ccc(NS(=O)(=O)c2cccc(-c3n[nH]c4cc(F)ccc34)c2)cc1. The van der Waals surface area contributed by atoms with Crippen molar-refractivity contribution < 1.29 is 21.2 Å². The number of H-pyrrole nitrogens is 1. The first-order valence-electron chi connectivity index (χ1n) is 8.53. The van der Waals surface area contributed by atoms with E-state index < -0.39 is 25.9 Å². The van der Waals surface area contributed by atoms with E-state index in [-0.39, 0.29) is 15.5 Å². The highest BCUT2D eigenvalue weighted by Gasteiger charge is 2.17. The van der Waals surface area contributed by atoms with Crippen LogP contribution in [-0.2, 0) is 20.0 Å². The third kappa shape index (κ3) is 3.90. The Balaban J connectivity index is 1.67. The summed E-state index contributed by atoms with van der Waals surface area (Å²) in [6, 6.07) is 15.3. The first-order valence-corrected chi connectivity index (χ1v) is 11.6. The van der Waals surface area contributed by atoms with Crippen molar-refractivity contribution in [1.82, 2.24) is 10.2 Å². The molecule has 0 aliphatic heterocycles. The molecule has 154 valence electrons. The summed E-state index contributed by atoms with van der Waals surface area (Å²) < 4.78 is 64.0. The largest absolute Gasteiger partial charge is 0.280 e. The van der Waals surface area contributed by atoms with Gasteiger partial charge in [0.15, 0.2) is 0 Å². The van der Waals surface area contributed by atoms with Crippen LogP contribution >= 0.6 is 0 Å². The summed E-state index contributed by atoms with van der Waals surface area (Å²) in [4.78, 5) is -0.150. The standard InChI is InChI=1S/C19H15FN4O4S2/c20-13-4-9-17-18(11-13)22-23-19(17)12-2-1-3-16(10-12)30(27,28)24-14-5-7-15(8-6-14)29(21,25)26/h1-11,24H,(H,22,23)(H2,21,25,26). The maximum Gasteiger partial charge on any atom is 0.261 e. The van der Waals surface area contributed by atoms with Crippen LogP contribution in [0.1, 0.15) is 0 Å². The van der Waals surface area contributed by atoms with Crippen molar-refractivity contribution in [2.24, 2.45) is 5.14 Å². The second-order valence-corrected chi connectivity index (χ2v) is 9.71. The van der Waals surface area contributed by atoms with Crippen LogP contribution < -0.4 is 9.86 Å². The molecule has 0 amide bonds. The Labute approximate surface area is 171 Å². The van der Waals surface area contributed by atoms with Gasteiger partial charge >= 0.3 is 0 Å². The van der Waals surface area contributed by atoms with Gasteiger partial charge in [-0.15, -0.1) is 0 Å². The van der Waals surface area contributed by atoms with Gasteiger partial charge in [-0.3, -0.25) is 9.82 Å². The second-order valence-electron chi connectivity index (χ2n) is 6.46. The summed E-state index contributed by atoms with van der Waals surface area (Å²) >= 11 is 0. The number of aromatic amines is 1. The Morgan fingerprint density at radius 3 is 2.33 bits per heavy atom. The van der Waals surface area contributed by atoms with Gasteiger partial charge in [0, 0.05) is 16.6 Å². The Kier molecular flexibility index (Phi) is 4.80. The van der Waals surface area contributed by atoms with Gasteiger partial charge in [-0.1, -0.05) is 12.1 Å². The fourth-order valence-corrected chi connectivity index (χ4v) is 4.57. The summed E-state index contributed by atoms with van der Waals surface area (Å²) in [6.07, 6.45) is 0. The zero-order chi connectivity index (χ0) is 21.5. The van der Waals surface area contributed by atoms with Crippen molar-refractivity contribution in [3.63, 3.8) is 0 Å².